The van der Waals surface area contributed by atoms with Gasteiger partial charge in [0.2, 0.25) is 0 Å². The first-order valence-electron chi connectivity index (χ1n) is 5.26. The van der Waals surface area contributed by atoms with Crippen LogP contribution in [-0.2, 0) is 9.53 Å². The number of carboxylic acid groups (broad SMARTS) is 1. The smallest absolute Gasteiger partial charge is 0.339 e. The van der Waals surface area contributed by atoms with Crippen LogP contribution in [0, 0.1) is 7.14 Å². The van der Waals surface area contributed by atoms with Crippen molar-refractivity contribution >= 4 is 57.1 Å². The second-order valence-electron chi connectivity index (χ2n) is 4.39. The van der Waals surface area contributed by atoms with Crippen LogP contribution in [0.1, 0.15) is 24.2 Å². The number of rotatable bonds is 4. The highest BCUT2D eigenvalue weighted by molar-refractivity contribution is 14.1. The highest BCUT2D eigenvalue weighted by Crippen LogP contribution is 2.32. The maximum Gasteiger partial charge on any atom is 0.339 e. The number of aliphatic carboxylic acids is 1. The Morgan fingerprint density at radius 3 is 2.25 bits per heavy atom. The Balaban J connectivity index is 3.03. The molecule has 1 rings (SSSR count). The summed E-state index contributed by atoms with van der Waals surface area (Å²) in [6, 6.07) is 4.71. The van der Waals surface area contributed by atoms with Crippen LogP contribution in [0.5, 0.6) is 0 Å². The lowest BCUT2D eigenvalue weighted by Gasteiger charge is -2.34. The van der Waals surface area contributed by atoms with E-state index < -0.39 is 23.5 Å². The Bertz CT molecular complexity index is 558. The van der Waals surface area contributed by atoms with Crippen LogP contribution >= 0.6 is 45.2 Å². The first kappa shape index (κ1) is 17.5. The zero-order chi connectivity index (χ0) is 15.7. The van der Waals surface area contributed by atoms with E-state index in [9.17, 15) is 23.5 Å². The molecule has 0 radical (unpaired) electrons. The molecular weight excluding hydrogens is 500 g/mol. The van der Waals surface area contributed by atoms with Gasteiger partial charge < -0.3 is 14.6 Å². The first-order valence-corrected chi connectivity index (χ1v) is 7.42. The van der Waals surface area contributed by atoms with Gasteiger partial charge in [0.05, 0.1) is 5.56 Å². The minimum absolute atomic E-state index is 0.0910. The third kappa shape index (κ3) is 3.57. The molecule has 0 aliphatic heterocycles. The summed E-state index contributed by atoms with van der Waals surface area (Å²) >= 11 is 3.90. The van der Waals surface area contributed by atoms with Crippen LogP contribution in [0.3, 0.4) is 0 Å². The summed E-state index contributed by atoms with van der Waals surface area (Å²) in [6.45, 7) is 1.64. The number of carbonyl (C=O) groups excluding carboxylic acids is 2. The lowest BCUT2D eigenvalue weighted by Crippen LogP contribution is -2.57. The fourth-order valence-electron chi connectivity index (χ4n) is 1.25. The van der Waals surface area contributed by atoms with Crippen molar-refractivity contribution in [1.29, 1.82) is 0 Å². The SMILES string of the molecule is CC(C)(OC(=O)c1ccc(I)cc1I)C(F)(F)C(=O)[O-]. The van der Waals surface area contributed by atoms with E-state index in [-0.39, 0.29) is 5.56 Å². The molecule has 0 spiro atoms. The van der Waals surface area contributed by atoms with Crippen molar-refractivity contribution in [3.63, 3.8) is 0 Å². The van der Waals surface area contributed by atoms with Gasteiger partial charge in [-0.15, -0.1) is 0 Å². The van der Waals surface area contributed by atoms with Crippen molar-refractivity contribution in [1.82, 2.24) is 0 Å². The number of carboxylic acids is 1. The molecule has 1 aromatic rings. The molecule has 0 amide bonds. The summed E-state index contributed by atoms with van der Waals surface area (Å²) in [6.07, 6.45) is 0. The maximum absolute atomic E-state index is 13.4. The van der Waals surface area contributed by atoms with Crippen LogP contribution in [0.4, 0.5) is 8.78 Å². The molecule has 4 nitrogen and oxygen atoms in total. The van der Waals surface area contributed by atoms with Crippen molar-refractivity contribution in [3.8, 4) is 0 Å². The van der Waals surface area contributed by atoms with E-state index in [1.54, 1.807) is 12.1 Å². The minimum atomic E-state index is -4.29. The standard InChI is InChI=1S/C12H10F2I2O4/c1-11(2,12(13,14)10(18)19)20-9(17)7-4-3-6(15)5-8(7)16/h3-5H,1-2H3,(H,18,19)/p-1. The quantitative estimate of drug-likeness (QED) is 0.462. The number of hydrogen-bond donors (Lipinski definition) is 0. The normalized spacial score (nSPS) is 12.1. The Morgan fingerprint density at radius 1 is 1.25 bits per heavy atom. The summed E-state index contributed by atoms with van der Waals surface area (Å²) in [7, 11) is 0. The fourth-order valence-corrected chi connectivity index (χ4v) is 3.07. The van der Waals surface area contributed by atoms with Gasteiger partial charge in [-0.1, -0.05) is 0 Å². The highest BCUT2D eigenvalue weighted by Gasteiger charge is 2.51. The molecule has 0 bridgehead atoms. The van der Waals surface area contributed by atoms with Crippen molar-refractivity contribution in [2.45, 2.75) is 25.4 Å². The molecule has 20 heavy (non-hydrogen) atoms. The summed E-state index contributed by atoms with van der Waals surface area (Å²) < 4.78 is 32.9. The molecule has 0 unspecified atom stereocenters. The minimum Gasteiger partial charge on any atom is -0.544 e. The summed E-state index contributed by atoms with van der Waals surface area (Å²) in [5, 5.41) is 10.4. The largest absolute Gasteiger partial charge is 0.544 e. The third-order valence-electron chi connectivity index (χ3n) is 2.51. The number of halogens is 4. The monoisotopic (exact) mass is 509 g/mol. The Kier molecular flexibility index (Phi) is 5.33. The zero-order valence-electron chi connectivity index (χ0n) is 10.4. The van der Waals surface area contributed by atoms with Gasteiger partial charge in [-0.05, 0) is 77.2 Å². The molecule has 0 aromatic heterocycles. The van der Waals surface area contributed by atoms with E-state index >= 15 is 0 Å². The molecular formula is C12H9F2I2O4-. The van der Waals surface area contributed by atoms with Crippen LogP contribution in [0.15, 0.2) is 18.2 Å². The maximum atomic E-state index is 13.4. The van der Waals surface area contributed by atoms with Gasteiger partial charge in [-0.25, -0.2) is 4.79 Å². The molecule has 0 heterocycles. The number of benzene rings is 1. The Morgan fingerprint density at radius 2 is 1.80 bits per heavy atom. The van der Waals surface area contributed by atoms with Crippen molar-refractivity contribution in [2.24, 2.45) is 0 Å². The van der Waals surface area contributed by atoms with Gasteiger partial charge in [0, 0.05) is 7.14 Å². The second kappa shape index (κ2) is 6.08. The molecule has 0 saturated heterocycles. The molecule has 0 fully saturated rings. The summed E-state index contributed by atoms with van der Waals surface area (Å²) in [5.74, 6) is -7.90. The van der Waals surface area contributed by atoms with Crippen LogP contribution in [0.25, 0.3) is 0 Å². The molecule has 1 aromatic carbocycles. The molecule has 8 heteroatoms. The summed E-state index contributed by atoms with van der Waals surface area (Å²) in [5.41, 5.74) is -2.43. The van der Waals surface area contributed by atoms with Gasteiger partial charge in [-0.2, -0.15) is 8.78 Å². The van der Waals surface area contributed by atoms with Gasteiger partial charge in [0.15, 0.2) is 5.60 Å². The lowest BCUT2D eigenvalue weighted by atomic mass is 10.0. The lowest BCUT2D eigenvalue weighted by molar-refractivity contribution is -0.341. The second-order valence-corrected chi connectivity index (χ2v) is 6.79. The van der Waals surface area contributed by atoms with E-state index in [4.69, 9.17) is 0 Å². The van der Waals surface area contributed by atoms with Crippen LogP contribution in [0.2, 0.25) is 0 Å². The zero-order valence-corrected chi connectivity index (χ0v) is 14.7. The van der Waals surface area contributed by atoms with E-state index in [1.165, 1.54) is 6.07 Å². The molecule has 110 valence electrons. The predicted molar refractivity (Wildman–Crippen MR) is 81.3 cm³/mol. The van der Waals surface area contributed by atoms with Gasteiger partial charge in [0.1, 0.15) is 5.97 Å². The Labute approximate surface area is 141 Å². The van der Waals surface area contributed by atoms with E-state index in [0.29, 0.717) is 3.57 Å². The first-order chi connectivity index (χ1) is 8.99. The third-order valence-corrected chi connectivity index (χ3v) is 4.07. The van der Waals surface area contributed by atoms with Crippen molar-refractivity contribution in [3.05, 3.63) is 30.9 Å². The van der Waals surface area contributed by atoms with Gasteiger partial charge >= 0.3 is 11.9 Å². The number of hydrogen-bond acceptors (Lipinski definition) is 4. The topological polar surface area (TPSA) is 66.4 Å². The Hall–Kier alpha value is -0.520. The molecule has 0 atom stereocenters. The van der Waals surface area contributed by atoms with E-state index in [0.717, 1.165) is 17.4 Å². The molecule has 0 aliphatic carbocycles. The molecule has 0 aliphatic rings. The van der Waals surface area contributed by atoms with Crippen LogP contribution in [-0.4, -0.2) is 23.5 Å². The average Bonchev–Trinajstić information content (AvgIpc) is 2.27. The average molecular weight is 509 g/mol. The number of alkyl halides is 2. The highest BCUT2D eigenvalue weighted by atomic mass is 127. The van der Waals surface area contributed by atoms with Crippen molar-refractivity contribution in [2.75, 3.05) is 0 Å². The van der Waals surface area contributed by atoms with Crippen molar-refractivity contribution < 1.29 is 28.2 Å². The summed E-state index contributed by atoms with van der Waals surface area (Å²) in [4.78, 5) is 22.3. The van der Waals surface area contributed by atoms with E-state index in [2.05, 4.69) is 4.74 Å². The van der Waals surface area contributed by atoms with Gasteiger partial charge in [0.25, 0.3) is 0 Å². The number of ether oxygens (including phenoxy) is 1. The van der Waals surface area contributed by atoms with Crippen LogP contribution < -0.4 is 5.11 Å². The number of carbonyl (C=O) groups is 2. The molecule has 0 saturated carbocycles. The molecule has 0 N–H and O–H groups in total. The number of esters is 1. The fraction of sp³-hybridized carbons (Fsp3) is 0.333. The van der Waals surface area contributed by atoms with E-state index in [1.807, 2.05) is 45.2 Å². The predicted octanol–water partition coefficient (Wildman–Crippen LogP) is 2.22. The van der Waals surface area contributed by atoms with Gasteiger partial charge in [-0.3, -0.25) is 0 Å².